The average Bonchev–Trinajstić information content (AvgIpc) is 2.13. The molecule has 1 aliphatic heterocycles. The predicted octanol–water partition coefficient (Wildman–Crippen LogP) is -0.718. The largest absolute Gasteiger partial charge is 0.393 e. The van der Waals surface area contributed by atoms with Gasteiger partial charge in [0.15, 0.2) is 5.16 Å². The second-order valence-corrected chi connectivity index (χ2v) is 4.82. The van der Waals surface area contributed by atoms with Crippen molar-refractivity contribution in [3.63, 3.8) is 0 Å². The molecule has 7 nitrogen and oxygen atoms in total. The number of rotatable bonds is 1. The number of nitrogens with one attached hydrogen (secondary N) is 1. The first-order valence-electron chi connectivity index (χ1n) is 5.08. The number of aliphatic imine (C=N–C) groups is 1. The van der Waals surface area contributed by atoms with Gasteiger partial charge in [-0.1, -0.05) is 0 Å². The summed E-state index contributed by atoms with van der Waals surface area (Å²) >= 11 is 1.16. The van der Waals surface area contributed by atoms with E-state index >= 15 is 0 Å². The fourth-order valence-corrected chi connectivity index (χ4v) is 2.52. The van der Waals surface area contributed by atoms with Gasteiger partial charge in [0.25, 0.3) is 5.56 Å². The number of hydrogen-bond acceptors (Lipinski definition) is 7. The van der Waals surface area contributed by atoms with Gasteiger partial charge in [0.2, 0.25) is 0 Å². The van der Waals surface area contributed by atoms with E-state index in [0.717, 1.165) is 11.8 Å². The fourth-order valence-electron chi connectivity index (χ4n) is 1.54. The van der Waals surface area contributed by atoms with Crippen molar-refractivity contribution in [2.75, 3.05) is 5.73 Å². The molecule has 0 aliphatic carbocycles. The summed E-state index contributed by atoms with van der Waals surface area (Å²) in [4.78, 5) is 21.9. The van der Waals surface area contributed by atoms with Gasteiger partial charge in [-0.3, -0.25) is 9.79 Å². The Morgan fingerprint density at radius 3 is 3.00 bits per heavy atom. The van der Waals surface area contributed by atoms with Crippen LogP contribution in [0.5, 0.6) is 0 Å². The van der Waals surface area contributed by atoms with E-state index in [0.29, 0.717) is 23.0 Å². The van der Waals surface area contributed by atoms with E-state index in [9.17, 15) is 9.90 Å². The first kappa shape index (κ1) is 12.1. The number of anilines is 1. The Kier molecular flexibility index (Phi) is 3.46. The molecule has 0 fully saturated rings. The van der Waals surface area contributed by atoms with E-state index in [4.69, 9.17) is 11.5 Å². The van der Waals surface area contributed by atoms with Crippen molar-refractivity contribution in [3.8, 4) is 0 Å². The molecule has 0 aromatic carbocycles. The second kappa shape index (κ2) is 4.86. The molecular formula is C9H13N5O2S. The van der Waals surface area contributed by atoms with Crippen LogP contribution in [0, 0.1) is 0 Å². The number of nitrogens with zero attached hydrogens (tertiary/aromatic N) is 2. The highest BCUT2D eigenvalue weighted by Crippen LogP contribution is 2.23. The van der Waals surface area contributed by atoms with Crippen molar-refractivity contribution in [2.24, 2.45) is 10.7 Å². The lowest BCUT2D eigenvalue weighted by molar-refractivity contribution is 0.159. The molecule has 2 atom stereocenters. The van der Waals surface area contributed by atoms with E-state index in [1.807, 2.05) is 0 Å². The van der Waals surface area contributed by atoms with Crippen LogP contribution >= 0.6 is 11.8 Å². The molecule has 0 unspecified atom stereocenters. The lowest BCUT2D eigenvalue weighted by atomic mass is 10.1. The van der Waals surface area contributed by atoms with Crippen molar-refractivity contribution >= 4 is 22.6 Å². The maximum atomic E-state index is 11.2. The molecule has 0 spiro atoms. The van der Waals surface area contributed by atoms with Crippen molar-refractivity contribution in [1.29, 1.82) is 0 Å². The number of thioether (sulfide) groups is 1. The Bertz CT molecular complexity index is 500. The highest BCUT2D eigenvalue weighted by molar-refractivity contribution is 8.13. The summed E-state index contributed by atoms with van der Waals surface area (Å²) in [7, 11) is 0. The SMILES string of the molecule is Nc1cc(=O)[nH]c(SC2=N[C@H](N)C[C@@H](O)C2)n1. The molecule has 1 aromatic heterocycles. The monoisotopic (exact) mass is 255 g/mol. The van der Waals surface area contributed by atoms with Gasteiger partial charge in [0.1, 0.15) is 12.0 Å². The van der Waals surface area contributed by atoms with Crippen LogP contribution in [0.4, 0.5) is 5.82 Å². The molecule has 0 bridgehead atoms. The van der Waals surface area contributed by atoms with Crippen LogP contribution in [0.15, 0.2) is 21.0 Å². The van der Waals surface area contributed by atoms with Gasteiger partial charge < -0.3 is 21.6 Å². The summed E-state index contributed by atoms with van der Waals surface area (Å²) in [5.41, 5.74) is 10.8. The van der Waals surface area contributed by atoms with Gasteiger partial charge in [-0.2, -0.15) is 0 Å². The first-order valence-corrected chi connectivity index (χ1v) is 5.89. The zero-order chi connectivity index (χ0) is 12.4. The highest BCUT2D eigenvalue weighted by Gasteiger charge is 2.20. The van der Waals surface area contributed by atoms with Gasteiger partial charge in [0.05, 0.1) is 11.1 Å². The van der Waals surface area contributed by atoms with E-state index in [1.54, 1.807) is 0 Å². The minimum Gasteiger partial charge on any atom is -0.393 e. The van der Waals surface area contributed by atoms with E-state index < -0.39 is 12.3 Å². The summed E-state index contributed by atoms with van der Waals surface area (Å²) < 4.78 is 0. The summed E-state index contributed by atoms with van der Waals surface area (Å²) in [5, 5.41) is 10.5. The third kappa shape index (κ3) is 3.29. The number of nitrogens with two attached hydrogens (primary N) is 2. The number of aliphatic hydroxyl groups excluding tert-OH is 1. The van der Waals surface area contributed by atoms with Crippen molar-refractivity contribution < 1.29 is 5.11 Å². The zero-order valence-electron chi connectivity index (χ0n) is 8.96. The number of H-pyrrole nitrogens is 1. The number of nitrogen functional groups attached to an aromatic ring is 1. The first-order chi connectivity index (χ1) is 8.02. The number of hydrogen-bond donors (Lipinski definition) is 4. The molecule has 0 amide bonds. The second-order valence-electron chi connectivity index (χ2n) is 3.76. The van der Waals surface area contributed by atoms with Gasteiger partial charge >= 0.3 is 0 Å². The van der Waals surface area contributed by atoms with Gasteiger partial charge in [0, 0.05) is 18.9 Å². The van der Waals surface area contributed by atoms with Crippen LogP contribution in [-0.4, -0.2) is 32.4 Å². The summed E-state index contributed by atoms with van der Waals surface area (Å²) in [5.74, 6) is 0.150. The van der Waals surface area contributed by atoms with E-state index in [1.165, 1.54) is 6.07 Å². The highest BCUT2D eigenvalue weighted by atomic mass is 32.2. The lowest BCUT2D eigenvalue weighted by Crippen LogP contribution is -2.31. The molecule has 2 rings (SSSR count). The summed E-state index contributed by atoms with van der Waals surface area (Å²) in [6.07, 6.45) is -0.0474. The van der Waals surface area contributed by atoms with Crippen LogP contribution in [-0.2, 0) is 0 Å². The van der Waals surface area contributed by atoms with Crippen molar-refractivity contribution in [3.05, 3.63) is 16.4 Å². The minimum absolute atomic E-state index is 0.150. The Labute approximate surface area is 101 Å². The minimum atomic E-state index is -0.502. The van der Waals surface area contributed by atoms with Crippen LogP contribution in [0.3, 0.4) is 0 Å². The van der Waals surface area contributed by atoms with Gasteiger partial charge in [-0.25, -0.2) is 4.98 Å². The molecule has 6 N–H and O–H groups in total. The number of aromatic amines is 1. The fraction of sp³-hybridized carbons (Fsp3) is 0.444. The molecule has 17 heavy (non-hydrogen) atoms. The Morgan fingerprint density at radius 2 is 2.35 bits per heavy atom. The average molecular weight is 255 g/mol. The quantitative estimate of drug-likeness (QED) is 0.490. The number of aliphatic hydroxyl groups is 1. The molecule has 0 saturated carbocycles. The molecule has 92 valence electrons. The Morgan fingerprint density at radius 1 is 1.59 bits per heavy atom. The molecule has 0 saturated heterocycles. The molecule has 1 aliphatic rings. The maximum absolute atomic E-state index is 11.2. The topological polar surface area (TPSA) is 130 Å². The Hall–Kier alpha value is -1.38. The Balaban J connectivity index is 2.18. The summed E-state index contributed by atoms with van der Waals surface area (Å²) in [6.45, 7) is 0. The molecule has 8 heteroatoms. The third-order valence-electron chi connectivity index (χ3n) is 2.19. The molecule has 2 heterocycles. The molecule has 1 aromatic rings. The maximum Gasteiger partial charge on any atom is 0.253 e. The number of aromatic nitrogens is 2. The third-order valence-corrected chi connectivity index (χ3v) is 3.08. The zero-order valence-corrected chi connectivity index (χ0v) is 9.78. The van der Waals surface area contributed by atoms with Crippen molar-refractivity contribution in [2.45, 2.75) is 30.3 Å². The predicted molar refractivity (Wildman–Crippen MR) is 65.8 cm³/mol. The van der Waals surface area contributed by atoms with E-state index in [-0.39, 0.29) is 11.4 Å². The van der Waals surface area contributed by atoms with Crippen LogP contribution < -0.4 is 17.0 Å². The molecule has 0 radical (unpaired) electrons. The van der Waals surface area contributed by atoms with Crippen LogP contribution in [0.2, 0.25) is 0 Å². The van der Waals surface area contributed by atoms with E-state index in [2.05, 4.69) is 15.0 Å². The van der Waals surface area contributed by atoms with Gasteiger partial charge in [-0.15, -0.1) is 0 Å². The normalized spacial score (nSPS) is 24.5. The lowest BCUT2D eigenvalue weighted by Gasteiger charge is -2.20. The van der Waals surface area contributed by atoms with Gasteiger partial charge in [-0.05, 0) is 11.8 Å². The van der Waals surface area contributed by atoms with Crippen LogP contribution in [0.25, 0.3) is 0 Å². The summed E-state index contributed by atoms with van der Waals surface area (Å²) in [6, 6.07) is 1.20. The smallest absolute Gasteiger partial charge is 0.253 e. The standard InChI is InChI=1S/C9H13N5O2S/c10-5-1-4(15)2-8(12-5)17-9-13-6(11)3-7(16)14-9/h3-5,15H,1-2,10H2,(H3,11,13,14,16)/t4-,5+/m1/s1. The molecular weight excluding hydrogens is 242 g/mol. The van der Waals surface area contributed by atoms with Crippen LogP contribution in [0.1, 0.15) is 12.8 Å². The van der Waals surface area contributed by atoms with Crippen molar-refractivity contribution in [1.82, 2.24) is 9.97 Å².